The van der Waals surface area contributed by atoms with E-state index in [9.17, 15) is 4.79 Å². The van der Waals surface area contributed by atoms with Gasteiger partial charge < -0.3 is 14.6 Å². The Bertz CT molecular complexity index is 348. The zero-order chi connectivity index (χ0) is 12.1. The molecule has 0 fully saturated rings. The van der Waals surface area contributed by atoms with E-state index >= 15 is 0 Å². The molecule has 0 aliphatic rings. The number of carbonyl (C=O) groups is 1. The maximum atomic E-state index is 10.7. The van der Waals surface area contributed by atoms with E-state index in [-0.39, 0.29) is 18.4 Å². The van der Waals surface area contributed by atoms with Crippen LogP contribution >= 0.6 is 0 Å². The first-order valence-electron chi connectivity index (χ1n) is 5.28. The Morgan fingerprint density at radius 3 is 2.69 bits per heavy atom. The molecule has 0 bridgehead atoms. The highest BCUT2D eigenvalue weighted by molar-refractivity contribution is 5.84. The SMILES string of the molecule is CCN(CCO)C(C)c1ccc(C(=O)O)o1. The number of hydrogen-bond acceptors (Lipinski definition) is 4. The third kappa shape index (κ3) is 2.84. The maximum absolute atomic E-state index is 10.7. The Labute approximate surface area is 94.3 Å². The molecule has 0 radical (unpaired) electrons. The summed E-state index contributed by atoms with van der Waals surface area (Å²) in [4.78, 5) is 12.7. The van der Waals surface area contributed by atoms with Crippen molar-refractivity contribution in [2.75, 3.05) is 19.7 Å². The summed E-state index contributed by atoms with van der Waals surface area (Å²) >= 11 is 0. The van der Waals surface area contributed by atoms with Gasteiger partial charge in [0.2, 0.25) is 5.76 Å². The van der Waals surface area contributed by atoms with E-state index in [1.807, 2.05) is 18.7 Å². The number of aliphatic hydroxyl groups is 1. The molecule has 0 aliphatic carbocycles. The van der Waals surface area contributed by atoms with Gasteiger partial charge in [0.05, 0.1) is 12.6 Å². The maximum Gasteiger partial charge on any atom is 0.371 e. The Morgan fingerprint density at radius 2 is 2.25 bits per heavy atom. The van der Waals surface area contributed by atoms with Gasteiger partial charge in [-0.1, -0.05) is 6.92 Å². The largest absolute Gasteiger partial charge is 0.475 e. The zero-order valence-electron chi connectivity index (χ0n) is 9.51. The molecule has 1 atom stereocenters. The quantitative estimate of drug-likeness (QED) is 0.767. The minimum atomic E-state index is -1.07. The number of aliphatic hydroxyl groups excluding tert-OH is 1. The van der Waals surface area contributed by atoms with Crippen LogP contribution in [0.15, 0.2) is 16.5 Å². The fourth-order valence-electron chi connectivity index (χ4n) is 1.63. The second-order valence-electron chi connectivity index (χ2n) is 3.54. The minimum Gasteiger partial charge on any atom is -0.475 e. The number of hydrogen-bond donors (Lipinski definition) is 2. The van der Waals surface area contributed by atoms with Crippen molar-refractivity contribution in [2.45, 2.75) is 19.9 Å². The van der Waals surface area contributed by atoms with Gasteiger partial charge in [0.1, 0.15) is 5.76 Å². The van der Waals surface area contributed by atoms with E-state index < -0.39 is 5.97 Å². The van der Waals surface area contributed by atoms with Crippen molar-refractivity contribution in [3.63, 3.8) is 0 Å². The van der Waals surface area contributed by atoms with Gasteiger partial charge in [-0.2, -0.15) is 0 Å². The molecule has 16 heavy (non-hydrogen) atoms. The third-order valence-electron chi connectivity index (χ3n) is 2.59. The molecule has 0 saturated carbocycles. The average molecular weight is 227 g/mol. The lowest BCUT2D eigenvalue weighted by atomic mass is 10.2. The molecule has 0 saturated heterocycles. The van der Waals surface area contributed by atoms with Crippen LogP contribution in [0.1, 0.15) is 36.2 Å². The molecule has 0 aromatic carbocycles. The molecule has 0 aliphatic heterocycles. The van der Waals surface area contributed by atoms with Gasteiger partial charge in [0.25, 0.3) is 0 Å². The number of carboxylic acids is 1. The van der Waals surface area contributed by atoms with Crippen LogP contribution in [0.5, 0.6) is 0 Å². The van der Waals surface area contributed by atoms with Crippen molar-refractivity contribution < 1.29 is 19.4 Å². The van der Waals surface area contributed by atoms with Gasteiger partial charge >= 0.3 is 5.97 Å². The van der Waals surface area contributed by atoms with Crippen molar-refractivity contribution in [3.05, 3.63) is 23.7 Å². The molecule has 1 aromatic heterocycles. The van der Waals surface area contributed by atoms with Gasteiger partial charge in [0.15, 0.2) is 0 Å². The van der Waals surface area contributed by atoms with Crippen LogP contribution in [0, 0.1) is 0 Å². The molecular formula is C11H17NO4. The van der Waals surface area contributed by atoms with Crippen LogP contribution in [-0.2, 0) is 0 Å². The van der Waals surface area contributed by atoms with E-state index in [0.717, 1.165) is 6.54 Å². The normalized spacial score (nSPS) is 13.0. The Morgan fingerprint density at radius 1 is 1.56 bits per heavy atom. The predicted octanol–water partition coefficient (Wildman–Crippen LogP) is 1.35. The van der Waals surface area contributed by atoms with Crippen molar-refractivity contribution in [1.82, 2.24) is 4.90 Å². The molecule has 0 spiro atoms. The first-order chi connectivity index (χ1) is 7.60. The number of nitrogens with zero attached hydrogens (tertiary/aromatic N) is 1. The molecular weight excluding hydrogens is 210 g/mol. The molecule has 2 N–H and O–H groups in total. The van der Waals surface area contributed by atoms with E-state index in [1.54, 1.807) is 6.07 Å². The molecule has 5 heteroatoms. The number of aromatic carboxylic acids is 1. The number of likely N-dealkylation sites (N-methyl/N-ethyl adjacent to an activating group) is 1. The van der Waals surface area contributed by atoms with Crippen molar-refractivity contribution in [2.24, 2.45) is 0 Å². The highest BCUT2D eigenvalue weighted by atomic mass is 16.4. The zero-order valence-corrected chi connectivity index (χ0v) is 9.51. The number of rotatable bonds is 6. The third-order valence-corrected chi connectivity index (χ3v) is 2.59. The first-order valence-corrected chi connectivity index (χ1v) is 5.28. The first kappa shape index (κ1) is 12.7. The standard InChI is InChI=1S/C11H17NO4/c1-3-12(6-7-13)8(2)9-4-5-10(16-9)11(14)15/h4-5,8,13H,3,6-7H2,1-2H3,(H,14,15). The van der Waals surface area contributed by atoms with Crippen LogP contribution in [-0.4, -0.2) is 40.8 Å². The highest BCUT2D eigenvalue weighted by Gasteiger charge is 2.18. The van der Waals surface area contributed by atoms with Gasteiger partial charge in [-0.05, 0) is 25.6 Å². The molecule has 1 heterocycles. The summed E-state index contributed by atoms with van der Waals surface area (Å²) in [6.45, 7) is 5.28. The van der Waals surface area contributed by atoms with E-state index in [0.29, 0.717) is 12.3 Å². The fraction of sp³-hybridized carbons (Fsp3) is 0.545. The van der Waals surface area contributed by atoms with Crippen LogP contribution in [0.4, 0.5) is 0 Å². The summed E-state index contributed by atoms with van der Waals surface area (Å²) < 4.78 is 5.21. The Balaban J connectivity index is 2.77. The number of carboxylic acid groups (broad SMARTS) is 1. The summed E-state index contributed by atoms with van der Waals surface area (Å²) in [6.07, 6.45) is 0. The van der Waals surface area contributed by atoms with Gasteiger partial charge in [-0.3, -0.25) is 4.90 Å². The topological polar surface area (TPSA) is 73.9 Å². The molecule has 0 amide bonds. The van der Waals surface area contributed by atoms with Crippen LogP contribution in [0.25, 0.3) is 0 Å². The molecule has 5 nitrogen and oxygen atoms in total. The highest BCUT2D eigenvalue weighted by Crippen LogP contribution is 2.21. The van der Waals surface area contributed by atoms with Crippen LogP contribution < -0.4 is 0 Å². The molecule has 1 rings (SSSR count). The van der Waals surface area contributed by atoms with Crippen molar-refractivity contribution in [1.29, 1.82) is 0 Å². The predicted molar refractivity (Wildman–Crippen MR) is 58.4 cm³/mol. The average Bonchev–Trinajstić information content (AvgIpc) is 2.74. The second-order valence-corrected chi connectivity index (χ2v) is 3.54. The summed E-state index contributed by atoms with van der Waals surface area (Å²) in [5.74, 6) is -0.516. The van der Waals surface area contributed by atoms with Gasteiger partial charge in [-0.25, -0.2) is 4.79 Å². The Hall–Kier alpha value is -1.33. The van der Waals surface area contributed by atoms with Crippen molar-refractivity contribution in [3.8, 4) is 0 Å². The second kappa shape index (κ2) is 5.67. The fourth-order valence-corrected chi connectivity index (χ4v) is 1.63. The van der Waals surface area contributed by atoms with Crippen molar-refractivity contribution >= 4 is 5.97 Å². The molecule has 90 valence electrons. The van der Waals surface area contributed by atoms with Gasteiger partial charge in [-0.15, -0.1) is 0 Å². The summed E-state index contributed by atoms with van der Waals surface area (Å²) in [6, 6.07) is 3.07. The number of furan rings is 1. The van der Waals surface area contributed by atoms with E-state index in [1.165, 1.54) is 6.07 Å². The van der Waals surface area contributed by atoms with E-state index in [2.05, 4.69) is 0 Å². The van der Waals surface area contributed by atoms with Crippen LogP contribution in [0.2, 0.25) is 0 Å². The molecule has 1 unspecified atom stereocenters. The van der Waals surface area contributed by atoms with E-state index in [4.69, 9.17) is 14.6 Å². The molecule has 1 aromatic rings. The monoisotopic (exact) mass is 227 g/mol. The summed E-state index contributed by atoms with van der Waals surface area (Å²) in [7, 11) is 0. The minimum absolute atomic E-state index is 0.0368. The Kier molecular flexibility index (Phi) is 4.52. The van der Waals surface area contributed by atoms with Crippen LogP contribution in [0.3, 0.4) is 0 Å². The lowest BCUT2D eigenvalue weighted by Crippen LogP contribution is -2.29. The van der Waals surface area contributed by atoms with Gasteiger partial charge in [0, 0.05) is 6.54 Å². The smallest absolute Gasteiger partial charge is 0.371 e. The summed E-state index contributed by atoms with van der Waals surface area (Å²) in [5.41, 5.74) is 0. The lowest BCUT2D eigenvalue weighted by molar-refractivity contribution is 0.0654. The summed E-state index contributed by atoms with van der Waals surface area (Å²) in [5, 5.41) is 17.6. The lowest BCUT2D eigenvalue weighted by Gasteiger charge is -2.25.